The van der Waals surface area contributed by atoms with Crippen molar-refractivity contribution in [3.63, 3.8) is 0 Å². The predicted octanol–water partition coefficient (Wildman–Crippen LogP) is 4.98. The van der Waals surface area contributed by atoms with Gasteiger partial charge in [0.1, 0.15) is 11.6 Å². The van der Waals surface area contributed by atoms with E-state index in [1.54, 1.807) is 0 Å². The number of nitrogens with one attached hydrogen (secondary N) is 2. The molecule has 0 unspecified atom stereocenters. The van der Waals surface area contributed by atoms with Gasteiger partial charge in [0.15, 0.2) is 0 Å². The van der Waals surface area contributed by atoms with E-state index >= 15 is 0 Å². The topological polar surface area (TPSA) is 70.9 Å². The zero-order valence-corrected chi connectivity index (χ0v) is 21.4. The van der Waals surface area contributed by atoms with Crippen molar-refractivity contribution in [2.75, 3.05) is 43.4 Å². The predicted molar refractivity (Wildman–Crippen MR) is 149 cm³/mol. The van der Waals surface area contributed by atoms with Gasteiger partial charge in [-0.2, -0.15) is 0 Å². The van der Waals surface area contributed by atoms with Crippen LogP contribution in [0.2, 0.25) is 0 Å². The number of hydrogen-bond acceptors (Lipinski definition) is 6. The highest BCUT2D eigenvalue weighted by Gasteiger charge is 2.39. The number of nitrogens with zero attached hydrogens (tertiary/aromatic N) is 5. The zero-order chi connectivity index (χ0) is 25.0. The van der Waals surface area contributed by atoms with Crippen molar-refractivity contribution in [1.82, 2.24) is 24.8 Å². The number of allylic oxidation sites excluding steroid dienone is 1. The fourth-order valence-electron chi connectivity index (χ4n) is 5.02. The van der Waals surface area contributed by atoms with Gasteiger partial charge in [-0.1, -0.05) is 24.3 Å². The maximum atomic E-state index is 4.51. The number of benzene rings is 1. The minimum absolute atomic E-state index is 0.609. The molecule has 0 amide bonds. The molecule has 2 N–H and O–H groups in total. The number of hydrogen-bond donors (Lipinski definition) is 2. The van der Waals surface area contributed by atoms with Crippen LogP contribution < -0.4 is 15.5 Å². The maximum absolute atomic E-state index is 4.51. The van der Waals surface area contributed by atoms with Crippen molar-refractivity contribution < 1.29 is 0 Å². The Bertz CT molecular complexity index is 1340. The number of fused-ring (bicyclic) bond motifs is 1. The summed E-state index contributed by atoms with van der Waals surface area (Å²) in [5.41, 5.74) is 4.13. The normalized spacial score (nSPS) is 16.6. The van der Waals surface area contributed by atoms with Gasteiger partial charge in [0, 0.05) is 63.6 Å². The van der Waals surface area contributed by atoms with E-state index in [1.807, 2.05) is 50.5 Å². The molecule has 2 aliphatic heterocycles. The maximum Gasteiger partial charge on any atom is 0.129 e. The van der Waals surface area contributed by atoms with E-state index in [2.05, 4.69) is 79.0 Å². The highest BCUT2D eigenvalue weighted by molar-refractivity contribution is 5.88. The summed E-state index contributed by atoms with van der Waals surface area (Å²) < 4.78 is 2.02. The monoisotopic (exact) mass is 481 g/mol. The molecule has 0 radical (unpaired) electrons. The molecule has 186 valence electrons. The van der Waals surface area contributed by atoms with Crippen LogP contribution in [0.25, 0.3) is 28.1 Å². The van der Waals surface area contributed by atoms with E-state index < -0.39 is 0 Å². The Morgan fingerprint density at radius 1 is 1.00 bits per heavy atom. The molecule has 1 aromatic carbocycles. The highest BCUT2D eigenvalue weighted by Crippen LogP contribution is 2.36. The molecule has 2 saturated heterocycles. The summed E-state index contributed by atoms with van der Waals surface area (Å²) >= 11 is 0. The molecular weight excluding hydrogens is 446 g/mol. The van der Waals surface area contributed by atoms with Gasteiger partial charge in [-0.05, 0) is 60.4 Å². The van der Waals surface area contributed by atoms with Crippen LogP contribution in [0.1, 0.15) is 25.3 Å². The van der Waals surface area contributed by atoms with E-state index in [0.717, 1.165) is 41.4 Å². The Hall–Kier alpha value is -3.71. The van der Waals surface area contributed by atoms with Crippen LogP contribution in [0.15, 0.2) is 67.4 Å². The van der Waals surface area contributed by atoms with E-state index in [9.17, 15) is 0 Å². The number of piperidine rings is 1. The summed E-state index contributed by atoms with van der Waals surface area (Å²) in [6, 6.07) is 12.6. The molecule has 6 rings (SSSR count). The Labute approximate surface area is 213 Å². The van der Waals surface area contributed by atoms with E-state index in [-0.39, 0.29) is 0 Å². The van der Waals surface area contributed by atoms with E-state index in [4.69, 9.17) is 0 Å². The van der Waals surface area contributed by atoms with Crippen LogP contribution >= 0.6 is 0 Å². The van der Waals surface area contributed by atoms with Gasteiger partial charge in [-0.25, -0.2) is 15.0 Å². The summed E-state index contributed by atoms with van der Waals surface area (Å²) in [6.07, 6.45) is 14.3. The molecule has 0 bridgehead atoms. The van der Waals surface area contributed by atoms with Gasteiger partial charge in [0.05, 0.1) is 18.2 Å². The second-order valence-corrected chi connectivity index (χ2v) is 9.81. The van der Waals surface area contributed by atoms with Gasteiger partial charge in [-0.15, -0.1) is 0 Å². The fourth-order valence-corrected chi connectivity index (χ4v) is 5.02. The first kappa shape index (κ1) is 24.0. The lowest BCUT2D eigenvalue weighted by Gasteiger charge is -2.48. The van der Waals surface area contributed by atoms with Gasteiger partial charge < -0.3 is 20.1 Å². The van der Waals surface area contributed by atoms with Crippen molar-refractivity contribution in [3.05, 3.63) is 73.0 Å². The van der Waals surface area contributed by atoms with Crippen LogP contribution in [-0.4, -0.2) is 52.7 Å². The van der Waals surface area contributed by atoms with Gasteiger partial charge in [0.25, 0.3) is 0 Å². The first-order valence-corrected chi connectivity index (χ1v) is 12.7. The SMILES string of the molecule is C/C=C\c1ccnc(N2CCC3(CC2)CNC3)c1.CNc1cc2cc(-c3cncn3C)ccc2cn1. The first-order valence-electron chi connectivity index (χ1n) is 12.7. The van der Waals surface area contributed by atoms with Crippen molar-refractivity contribution in [2.24, 2.45) is 12.5 Å². The average Bonchev–Trinajstić information content (AvgIpc) is 3.33. The fraction of sp³-hybridized carbons (Fsp3) is 0.345. The zero-order valence-electron chi connectivity index (χ0n) is 21.4. The number of rotatable bonds is 4. The first-order chi connectivity index (χ1) is 17.6. The summed E-state index contributed by atoms with van der Waals surface area (Å²) in [7, 11) is 3.87. The lowest BCUT2D eigenvalue weighted by atomic mass is 9.73. The van der Waals surface area contributed by atoms with Crippen LogP contribution in [-0.2, 0) is 7.05 Å². The average molecular weight is 482 g/mol. The lowest BCUT2D eigenvalue weighted by molar-refractivity contribution is 0.126. The Balaban J connectivity index is 0.000000148. The van der Waals surface area contributed by atoms with Crippen LogP contribution in [0.4, 0.5) is 11.6 Å². The quantitative estimate of drug-likeness (QED) is 0.428. The summed E-state index contributed by atoms with van der Waals surface area (Å²) in [5.74, 6) is 2.01. The third-order valence-corrected chi connectivity index (χ3v) is 7.37. The Morgan fingerprint density at radius 2 is 1.83 bits per heavy atom. The molecule has 4 aromatic rings. The van der Waals surface area contributed by atoms with Crippen LogP contribution in [0, 0.1) is 5.41 Å². The molecular formula is C29H35N7. The Morgan fingerprint density at radius 3 is 2.50 bits per heavy atom. The number of aromatic nitrogens is 4. The minimum atomic E-state index is 0.609. The number of anilines is 2. The van der Waals surface area contributed by atoms with Gasteiger partial charge in [0.2, 0.25) is 0 Å². The molecule has 2 fully saturated rings. The molecule has 5 heterocycles. The van der Waals surface area contributed by atoms with Crippen LogP contribution in [0.5, 0.6) is 0 Å². The van der Waals surface area contributed by atoms with E-state index in [0.29, 0.717) is 5.41 Å². The molecule has 0 aliphatic carbocycles. The third kappa shape index (κ3) is 5.11. The Kier molecular flexibility index (Phi) is 7.00. The second-order valence-electron chi connectivity index (χ2n) is 9.81. The highest BCUT2D eigenvalue weighted by atomic mass is 15.2. The molecule has 3 aromatic heterocycles. The van der Waals surface area contributed by atoms with Crippen molar-refractivity contribution in [2.45, 2.75) is 19.8 Å². The number of pyridine rings is 2. The van der Waals surface area contributed by atoms with Crippen LogP contribution in [0.3, 0.4) is 0 Å². The van der Waals surface area contributed by atoms with E-state index in [1.165, 1.54) is 36.9 Å². The van der Waals surface area contributed by atoms with Gasteiger partial charge >= 0.3 is 0 Å². The molecule has 36 heavy (non-hydrogen) atoms. The number of aryl methyl sites for hydroxylation is 1. The second kappa shape index (κ2) is 10.5. The molecule has 7 nitrogen and oxygen atoms in total. The third-order valence-electron chi connectivity index (χ3n) is 7.37. The summed E-state index contributed by atoms with van der Waals surface area (Å²) in [5, 5.41) is 8.78. The minimum Gasteiger partial charge on any atom is -0.373 e. The van der Waals surface area contributed by atoms with Crippen molar-refractivity contribution in [3.8, 4) is 11.3 Å². The summed E-state index contributed by atoms with van der Waals surface area (Å²) in [4.78, 5) is 15.4. The molecule has 0 atom stereocenters. The molecule has 0 saturated carbocycles. The smallest absolute Gasteiger partial charge is 0.129 e. The summed E-state index contributed by atoms with van der Waals surface area (Å²) in [6.45, 7) is 6.77. The number of imidazole rings is 1. The van der Waals surface area contributed by atoms with Crippen molar-refractivity contribution in [1.29, 1.82) is 0 Å². The lowest BCUT2D eigenvalue weighted by Crippen LogP contribution is -2.58. The molecule has 7 heteroatoms. The standard InChI is InChI=1S/C15H21N3.C14H14N4/c1-2-3-13-4-7-17-14(10-13)18-8-5-15(6-9-18)11-16-12-15;1-15-14-6-12-5-10(3-4-11(12)7-17-14)13-8-16-9-18(13)2/h2-4,7,10,16H,5-6,8-9,11-12H2,1H3;3-9H,1-2H3,(H,15,17)/b3-2-;. The van der Waals surface area contributed by atoms with Crippen molar-refractivity contribution >= 4 is 28.5 Å². The van der Waals surface area contributed by atoms with Gasteiger partial charge in [-0.3, -0.25) is 0 Å². The molecule has 2 aliphatic rings. The largest absolute Gasteiger partial charge is 0.373 e. The molecule has 1 spiro atoms.